The SMILES string of the molecule is CCNC(=NCc1ccc(Cn2ccccc2=O)cc1)NCC(C)(O)c1ccco1.I. The summed E-state index contributed by atoms with van der Waals surface area (Å²) in [5.74, 6) is 1.11. The highest BCUT2D eigenvalue weighted by molar-refractivity contribution is 14.0. The average Bonchev–Trinajstić information content (AvgIpc) is 3.29. The van der Waals surface area contributed by atoms with Crippen molar-refractivity contribution in [2.75, 3.05) is 13.1 Å². The topological polar surface area (TPSA) is 91.8 Å². The monoisotopic (exact) mass is 536 g/mol. The molecule has 3 rings (SSSR count). The molecule has 1 aromatic carbocycles. The van der Waals surface area contributed by atoms with Gasteiger partial charge in [0.2, 0.25) is 0 Å². The van der Waals surface area contributed by atoms with Crippen molar-refractivity contribution in [3.05, 3.63) is 94.3 Å². The Labute approximate surface area is 199 Å². The number of nitrogens with zero attached hydrogens (tertiary/aromatic N) is 2. The number of pyridine rings is 1. The van der Waals surface area contributed by atoms with E-state index in [0.29, 0.717) is 31.4 Å². The van der Waals surface area contributed by atoms with E-state index in [0.717, 1.165) is 11.1 Å². The summed E-state index contributed by atoms with van der Waals surface area (Å²) in [6, 6.07) is 16.7. The van der Waals surface area contributed by atoms with Crippen LogP contribution < -0.4 is 16.2 Å². The molecule has 166 valence electrons. The molecular weight excluding hydrogens is 507 g/mol. The molecular formula is C23H29IN4O3. The highest BCUT2D eigenvalue weighted by Gasteiger charge is 2.26. The largest absolute Gasteiger partial charge is 0.466 e. The molecule has 7 nitrogen and oxygen atoms in total. The van der Waals surface area contributed by atoms with Crippen LogP contribution in [0.4, 0.5) is 0 Å². The van der Waals surface area contributed by atoms with Gasteiger partial charge in [-0.1, -0.05) is 30.3 Å². The summed E-state index contributed by atoms with van der Waals surface area (Å²) in [4.78, 5) is 16.4. The molecule has 0 aliphatic carbocycles. The van der Waals surface area contributed by atoms with Crippen LogP contribution in [0.5, 0.6) is 0 Å². The molecule has 0 amide bonds. The minimum absolute atomic E-state index is 0. The van der Waals surface area contributed by atoms with Gasteiger partial charge in [0.05, 0.1) is 25.9 Å². The van der Waals surface area contributed by atoms with Crippen LogP contribution in [-0.4, -0.2) is 28.7 Å². The van der Waals surface area contributed by atoms with Gasteiger partial charge in [0, 0.05) is 18.8 Å². The van der Waals surface area contributed by atoms with Gasteiger partial charge in [0.15, 0.2) is 5.96 Å². The molecule has 0 fully saturated rings. The second kappa shape index (κ2) is 11.7. The third-order valence-corrected chi connectivity index (χ3v) is 4.69. The number of nitrogens with one attached hydrogen (secondary N) is 2. The molecule has 0 aliphatic heterocycles. The van der Waals surface area contributed by atoms with Gasteiger partial charge in [0.1, 0.15) is 11.4 Å². The van der Waals surface area contributed by atoms with Crippen LogP contribution in [0.15, 0.2) is 81.3 Å². The van der Waals surface area contributed by atoms with Gasteiger partial charge in [-0.25, -0.2) is 4.99 Å². The van der Waals surface area contributed by atoms with Gasteiger partial charge in [-0.05, 0) is 43.2 Å². The van der Waals surface area contributed by atoms with E-state index in [1.165, 1.54) is 0 Å². The van der Waals surface area contributed by atoms with Crippen LogP contribution in [0.25, 0.3) is 0 Å². The van der Waals surface area contributed by atoms with Gasteiger partial charge >= 0.3 is 0 Å². The van der Waals surface area contributed by atoms with E-state index in [2.05, 4.69) is 15.6 Å². The second-order valence-corrected chi connectivity index (χ2v) is 7.28. The van der Waals surface area contributed by atoms with Crippen molar-refractivity contribution in [3.8, 4) is 0 Å². The van der Waals surface area contributed by atoms with E-state index < -0.39 is 5.60 Å². The van der Waals surface area contributed by atoms with Crippen molar-refractivity contribution in [2.24, 2.45) is 4.99 Å². The van der Waals surface area contributed by atoms with Crippen LogP contribution in [0.3, 0.4) is 0 Å². The lowest BCUT2D eigenvalue weighted by molar-refractivity contribution is 0.0386. The number of aliphatic hydroxyl groups is 1. The number of rotatable bonds is 8. The molecule has 0 saturated carbocycles. The fourth-order valence-corrected chi connectivity index (χ4v) is 2.98. The molecule has 2 heterocycles. The maximum Gasteiger partial charge on any atom is 0.250 e. The van der Waals surface area contributed by atoms with Gasteiger partial charge in [-0.3, -0.25) is 4.79 Å². The van der Waals surface area contributed by atoms with Gasteiger partial charge in [-0.15, -0.1) is 24.0 Å². The van der Waals surface area contributed by atoms with E-state index in [1.807, 2.05) is 37.3 Å². The third kappa shape index (κ3) is 7.25. The van der Waals surface area contributed by atoms with E-state index in [1.54, 1.807) is 48.2 Å². The molecule has 0 saturated heterocycles. The quantitative estimate of drug-likeness (QED) is 0.234. The molecule has 1 atom stereocenters. The highest BCUT2D eigenvalue weighted by Crippen LogP contribution is 2.19. The van der Waals surface area contributed by atoms with Crippen LogP contribution in [-0.2, 0) is 18.7 Å². The third-order valence-electron chi connectivity index (χ3n) is 4.69. The second-order valence-electron chi connectivity index (χ2n) is 7.28. The van der Waals surface area contributed by atoms with Gasteiger partial charge < -0.3 is 24.7 Å². The lowest BCUT2D eigenvalue weighted by atomic mass is 10.0. The fraction of sp³-hybridized carbons (Fsp3) is 0.304. The number of aliphatic imine (C=N–C) groups is 1. The van der Waals surface area contributed by atoms with E-state index in [4.69, 9.17) is 4.42 Å². The summed E-state index contributed by atoms with van der Waals surface area (Å²) < 4.78 is 6.98. The van der Waals surface area contributed by atoms with Gasteiger partial charge in [0.25, 0.3) is 5.56 Å². The molecule has 0 radical (unpaired) electrons. The summed E-state index contributed by atoms with van der Waals surface area (Å²) in [5.41, 5.74) is 0.944. The number of hydrogen-bond donors (Lipinski definition) is 3. The normalized spacial score (nSPS) is 13.2. The first kappa shape index (κ1) is 24.7. The van der Waals surface area contributed by atoms with E-state index >= 15 is 0 Å². The number of halogens is 1. The Morgan fingerprint density at radius 1 is 1.10 bits per heavy atom. The Hall–Kier alpha value is -2.59. The Kier molecular flexibility index (Phi) is 9.32. The van der Waals surface area contributed by atoms with Crippen LogP contribution in [0, 0.1) is 0 Å². The molecule has 0 aliphatic rings. The van der Waals surface area contributed by atoms with Crippen molar-refractivity contribution in [1.82, 2.24) is 15.2 Å². The Balaban J connectivity index is 0.00000341. The smallest absolute Gasteiger partial charge is 0.250 e. The van der Waals surface area contributed by atoms with Crippen molar-refractivity contribution >= 4 is 29.9 Å². The Bertz CT molecular complexity index is 1010. The Morgan fingerprint density at radius 3 is 2.48 bits per heavy atom. The van der Waals surface area contributed by atoms with E-state index in [-0.39, 0.29) is 36.1 Å². The summed E-state index contributed by atoms with van der Waals surface area (Å²) in [7, 11) is 0. The average molecular weight is 536 g/mol. The van der Waals surface area contributed by atoms with Crippen LogP contribution >= 0.6 is 24.0 Å². The number of benzene rings is 1. The summed E-state index contributed by atoms with van der Waals surface area (Å²) in [6.07, 6.45) is 3.33. The zero-order valence-corrected chi connectivity index (χ0v) is 20.1. The molecule has 3 aromatic rings. The first-order valence-electron chi connectivity index (χ1n) is 10.00. The standard InChI is InChI=1S/C23H28N4O3.HI/c1-3-24-22(26-17-23(2,29)20-7-6-14-30-20)25-15-18-9-11-19(12-10-18)16-27-13-5-4-8-21(27)28;/h4-14,29H,3,15-17H2,1-2H3,(H2,24,25,26);1H. The molecule has 0 bridgehead atoms. The first-order valence-corrected chi connectivity index (χ1v) is 10.00. The maximum atomic E-state index is 11.8. The van der Waals surface area contributed by atoms with E-state index in [9.17, 15) is 9.90 Å². The first-order chi connectivity index (χ1) is 14.5. The molecule has 3 N–H and O–H groups in total. The lowest BCUT2D eigenvalue weighted by Gasteiger charge is -2.22. The number of aromatic nitrogens is 1. The van der Waals surface area contributed by atoms with Gasteiger partial charge in [-0.2, -0.15) is 0 Å². The molecule has 1 unspecified atom stereocenters. The van der Waals surface area contributed by atoms with Crippen molar-refractivity contribution in [2.45, 2.75) is 32.5 Å². The number of hydrogen-bond acceptors (Lipinski definition) is 4. The summed E-state index contributed by atoms with van der Waals surface area (Å²) >= 11 is 0. The van der Waals surface area contributed by atoms with Crippen molar-refractivity contribution in [1.29, 1.82) is 0 Å². The fourth-order valence-electron chi connectivity index (χ4n) is 2.98. The lowest BCUT2D eigenvalue weighted by Crippen LogP contribution is -2.44. The summed E-state index contributed by atoms with van der Waals surface area (Å²) in [5, 5.41) is 16.9. The predicted molar refractivity (Wildman–Crippen MR) is 133 cm³/mol. The zero-order chi connectivity index (χ0) is 21.4. The number of guanidine groups is 1. The molecule has 0 spiro atoms. The molecule has 2 aromatic heterocycles. The van der Waals surface area contributed by atoms with Crippen molar-refractivity contribution < 1.29 is 9.52 Å². The molecule has 31 heavy (non-hydrogen) atoms. The highest BCUT2D eigenvalue weighted by atomic mass is 127. The molecule has 8 heteroatoms. The van der Waals surface area contributed by atoms with Crippen molar-refractivity contribution in [3.63, 3.8) is 0 Å². The van der Waals surface area contributed by atoms with Crippen LogP contribution in [0.2, 0.25) is 0 Å². The Morgan fingerprint density at radius 2 is 1.84 bits per heavy atom. The number of furan rings is 1. The minimum atomic E-state index is -1.14. The summed E-state index contributed by atoms with van der Waals surface area (Å²) in [6.45, 7) is 5.68. The predicted octanol–water partition coefficient (Wildman–Crippen LogP) is 3.07. The maximum absolute atomic E-state index is 11.8. The zero-order valence-electron chi connectivity index (χ0n) is 17.7. The minimum Gasteiger partial charge on any atom is -0.466 e. The van der Waals surface area contributed by atoms with Crippen LogP contribution in [0.1, 0.15) is 30.7 Å².